The summed E-state index contributed by atoms with van der Waals surface area (Å²) in [6, 6.07) is 15.0. The number of carboxylic acids is 1. The molecule has 0 aliphatic heterocycles. The largest absolute Gasteiger partial charge is 0.479 e. The maximum atomic E-state index is 11.5. The molecule has 0 amide bonds. The van der Waals surface area contributed by atoms with Gasteiger partial charge in [-0.2, -0.15) is 0 Å². The van der Waals surface area contributed by atoms with E-state index in [4.69, 9.17) is 0 Å². The van der Waals surface area contributed by atoms with Gasteiger partial charge in [0.2, 0.25) is 5.60 Å². The van der Waals surface area contributed by atoms with Gasteiger partial charge in [-0.3, -0.25) is 0 Å². The first-order valence-corrected chi connectivity index (χ1v) is 5.83. The van der Waals surface area contributed by atoms with Gasteiger partial charge < -0.3 is 10.2 Å². The predicted molar refractivity (Wildman–Crippen MR) is 73.6 cm³/mol. The van der Waals surface area contributed by atoms with E-state index in [2.05, 4.69) is 6.58 Å². The Hall–Kier alpha value is -2.39. The molecule has 3 heteroatoms. The number of hydrogen-bond donors (Lipinski definition) is 2. The maximum Gasteiger partial charge on any atom is 0.345 e. The molecule has 0 aliphatic carbocycles. The summed E-state index contributed by atoms with van der Waals surface area (Å²) < 4.78 is 0. The highest BCUT2D eigenvalue weighted by molar-refractivity contribution is 5.83. The van der Waals surface area contributed by atoms with E-state index < -0.39 is 11.6 Å². The van der Waals surface area contributed by atoms with Gasteiger partial charge in [0.25, 0.3) is 0 Å². The molecule has 0 spiro atoms. The highest BCUT2D eigenvalue weighted by Crippen LogP contribution is 2.30. The van der Waals surface area contributed by atoms with Crippen molar-refractivity contribution in [1.29, 1.82) is 0 Å². The van der Waals surface area contributed by atoms with E-state index in [-0.39, 0.29) is 0 Å². The zero-order valence-corrected chi connectivity index (χ0v) is 10.3. The van der Waals surface area contributed by atoms with E-state index in [1.807, 2.05) is 0 Å². The lowest BCUT2D eigenvalue weighted by molar-refractivity contribution is -0.155. The summed E-state index contributed by atoms with van der Waals surface area (Å²) in [6.07, 6.45) is 1.66. The Morgan fingerprint density at radius 1 is 1.00 bits per heavy atom. The Balaban J connectivity index is 2.56. The van der Waals surface area contributed by atoms with Crippen LogP contribution < -0.4 is 0 Å². The molecule has 1 unspecified atom stereocenters. The van der Waals surface area contributed by atoms with Crippen LogP contribution in [0.15, 0.2) is 61.2 Å². The minimum Gasteiger partial charge on any atom is -0.479 e. The van der Waals surface area contributed by atoms with Crippen molar-refractivity contribution >= 4 is 12.0 Å². The number of rotatable bonds is 4. The van der Waals surface area contributed by atoms with Crippen molar-refractivity contribution in [3.05, 3.63) is 77.9 Å². The predicted octanol–water partition coefficient (Wildman–Crippen LogP) is 2.65. The first-order chi connectivity index (χ1) is 9.09. The van der Waals surface area contributed by atoms with Crippen molar-refractivity contribution in [3.8, 4) is 0 Å². The zero-order chi connectivity index (χ0) is 13.9. The van der Waals surface area contributed by atoms with E-state index in [9.17, 15) is 15.0 Å². The van der Waals surface area contributed by atoms with Crippen LogP contribution in [0.3, 0.4) is 0 Å². The first kappa shape index (κ1) is 13.1. The van der Waals surface area contributed by atoms with E-state index in [0.29, 0.717) is 11.1 Å². The molecule has 0 aliphatic rings. The molecule has 0 heterocycles. The van der Waals surface area contributed by atoms with Crippen molar-refractivity contribution < 1.29 is 15.0 Å². The average Bonchev–Trinajstić information content (AvgIpc) is 2.47. The van der Waals surface area contributed by atoms with Gasteiger partial charge in [0, 0.05) is 0 Å². The van der Waals surface area contributed by atoms with E-state index in [1.165, 1.54) is 0 Å². The number of benzene rings is 2. The van der Waals surface area contributed by atoms with Crippen LogP contribution in [0, 0.1) is 0 Å². The molecule has 0 saturated heterocycles. The fraction of sp³-hybridized carbons (Fsp3) is 0.0625. The monoisotopic (exact) mass is 254 g/mol. The molecule has 0 radical (unpaired) electrons. The van der Waals surface area contributed by atoms with Crippen LogP contribution >= 0.6 is 0 Å². The lowest BCUT2D eigenvalue weighted by Crippen LogP contribution is -2.36. The molecule has 0 fully saturated rings. The molecular formula is C16H14O3. The van der Waals surface area contributed by atoms with Crippen molar-refractivity contribution in [2.45, 2.75) is 5.60 Å². The van der Waals surface area contributed by atoms with E-state index >= 15 is 0 Å². The van der Waals surface area contributed by atoms with Crippen LogP contribution in [-0.4, -0.2) is 16.2 Å². The topological polar surface area (TPSA) is 57.5 Å². The Morgan fingerprint density at radius 2 is 1.53 bits per heavy atom. The summed E-state index contributed by atoms with van der Waals surface area (Å²) in [6.45, 7) is 3.64. The second-order valence-electron chi connectivity index (χ2n) is 4.21. The van der Waals surface area contributed by atoms with Gasteiger partial charge in [0.05, 0.1) is 0 Å². The lowest BCUT2D eigenvalue weighted by Gasteiger charge is -2.24. The van der Waals surface area contributed by atoms with Gasteiger partial charge in [0.1, 0.15) is 0 Å². The Kier molecular flexibility index (Phi) is 3.49. The van der Waals surface area contributed by atoms with Crippen molar-refractivity contribution in [3.63, 3.8) is 0 Å². The van der Waals surface area contributed by atoms with E-state index in [1.54, 1.807) is 60.7 Å². The van der Waals surface area contributed by atoms with Crippen LogP contribution in [0.25, 0.3) is 6.08 Å². The normalized spacial score (nSPS) is 13.5. The Bertz CT molecular complexity index is 587. The molecule has 0 saturated carbocycles. The molecule has 0 bridgehead atoms. The summed E-state index contributed by atoms with van der Waals surface area (Å²) in [4.78, 5) is 11.5. The molecule has 2 rings (SSSR count). The third kappa shape index (κ3) is 2.28. The lowest BCUT2D eigenvalue weighted by atomic mass is 9.86. The third-order valence-electron chi connectivity index (χ3n) is 3.07. The van der Waals surface area contributed by atoms with Crippen molar-refractivity contribution in [2.24, 2.45) is 0 Å². The van der Waals surface area contributed by atoms with Crippen molar-refractivity contribution in [1.82, 2.24) is 0 Å². The zero-order valence-electron chi connectivity index (χ0n) is 10.3. The van der Waals surface area contributed by atoms with Crippen LogP contribution in [0.4, 0.5) is 0 Å². The molecule has 19 heavy (non-hydrogen) atoms. The van der Waals surface area contributed by atoms with Crippen LogP contribution in [-0.2, 0) is 10.4 Å². The highest BCUT2D eigenvalue weighted by atomic mass is 16.4. The number of carboxylic acid groups (broad SMARTS) is 1. The summed E-state index contributed by atoms with van der Waals surface area (Å²) in [5.74, 6) is -1.30. The molecule has 2 N–H and O–H groups in total. The summed E-state index contributed by atoms with van der Waals surface area (Å²) >= 11 is 0. The van der Waals surface area contributed by atoms with Gasteiger partial charge in [-0.1, -0.05) is 67.3 Å². The second kappa shape index (κ2) is 5.08. The molecule has 2 aromatic rings. The average molecular weight is 254 g/mol. The summed E-state index contributed by atoms with van der Waals surface area (Å²) in [5, 5.41) is 20.0. The van der Waals surface area contributed by atoms with Gasteiger partial charge in [0.15, 0.2) is 0 Å². The molecular weight excluding hydrogens is 240 g/mol. The van der Waals surface area contributed by atoms with Crippen LogP contribution in [0.1, 0.15) is 16.7 Å². The van der Waals surface area contributed by atoms with Crippen LogP contribution in [0.5, 0.6) is 0 Å². The number of carbonyl (C=O) groups is 1. The second-order valence-corrected chi connectivity index (χ2v) is 4.21. The fourth-order valence-corrected chi connectivity index (χ4v) is 1.95. The van der Waals surface area contributed by atoms with Gasteiger partial charge in [-0.25, -0.2) is 4.79 Å². The number of aliphatic carboxylic acids is 1. The molecule has 1 atom stereocenters. The molecule has 96 valence electrons. The summed E-state index contributed by atoms with van der Waals surface area (Å²) in [5.41, 5.74) is -0.531. The van der Waals surface area contributed by atoms with Gasteiger partial charge >= 0.3 is 5.97 Å². The SMILES string of the molecule is C=Cc1ccc(C(O)(C(=O)O)c2ccccc2)cc1. The van der Waals surface area contributed by atoms with Gasteiger partial charge in [-0.05, 0) is 16.7 Å². The fourth-order valence-electron chi connectivity index (χ4n) is 1.95. The Morgan fingerprint density at radius 3 is 2.00 bits per heavy atom. The number of hydrogen-bond acceptors (Lipinski definition) is 2. The van der Waals surface area contributed by atoms with Crippen molar-refractivity contribution in [2.75, 3.05) is 0 Å². The third-order valence-corrected chi connectivity index (χ3v) is 3.07. The quantitative estimate of drug-likeness (QED) is 0.881. The minimum absolute atomic E-state index is 0.316. The molecule has 0 aromatic heterocycles. The smallest absolute Gasteiger partial charge is 0.345 e. The van der Waals surface area contributed by atoms with Gasteiger partial charge in [-0.15, -0.1) is 0 Å². The van der Waals surface area contributed by atoms with E-state index in [0.717, 1.165) is 5.56 Å². The maximum absolute atomic E-state index is 11.5. The number of aliphatic hydroxyl groups is 1. The highest BCUT2D eigenvalue weighted by Gasteiger charge is 2.39. The minimum atomic E-state index is -2.04. The standard InChI is InChI=1S/C16H14O3/c1-2-12-8-10-14(11-9-12)16(19,15(17)18)13-6-4-3-5-7-13/h2-11,19H,1H2,(H,17,18). The Labute approximate surface area is 111 Å². The van der Waals surface area contributed by atoms with Crippen LogP contribution in [0.2, 0.25) is 0 Å². The molecule has 3 nitrogen and oxygen atoms in total. The summed E-state index contributed by atoms with van der Waals surface area (Å²) in [7, 11) is 0. The molecule has 2 aromatic carbocycles. The first-order valence-electron chi connectivity index (χ1n) is 5.83.